The van der Waals surface area contributed by atoms with Crippen molar-refractivity contribution in [2.75, 3.05) is 26.2 Å². The van der Waals surface area contributed by atoms with E-state index in [2.05, 4.69) is 0 Å². The van der Waals surface area contributed by atoms with E-state index in [-0.39, 0.29) is 30.1 Å². The Hall–Kier alpha value is -1.30. The lowest BCUT2D eigenvalue weighted by Gasteiger charge is -2.26. The summed E-state index contributed by atoms with van der Waals surface area (Å²) in [4.78, 5) is 28.5. The van der Waals surface area contributed by atoms with Crippen molar-refractivity contribution in [3.8, 4) is 0 Å². The molecule has 1 aromatic rings. The molecule has 1 aliphatic heterocycles. The molecule has 2 N–H and O–H groups in total. The van der Waals surface area contributed by atoms with E-state index in [1.807, 2.05) is 13.8 Å². The van der Waals surface area contributed by atoms with Crippen LogP contribution in [0.2, 0.25) is 5.02 Å². The summed E-state index contributed by atoms with van der Waals surface area (Å²) in [5.41, 5.74) is 6.58. The second kappa shape index (κ2) is 9.25. The Balaban J connectivity index is 0.00000288. The van der Waals surface area contributed by atoms with Crippen molar-refractivity contribution in [2.45, 2.75) is 26.3 Å². The third kappa shape index (κ3) is 5.10. The fourth-order valence-corrected chi connectivity index (χ4v) is 2.74. The number of carbonyl (C=O) groups is 2. The molecule has 0 radical (unpaired) electrons. The number of amides is 2. The quantitative estimate of drug-likeness (QED) is 0.884. The van der Waals surface area contributed by atoms with E-state index in [0.29, 0.717) is 36.8 Å². The lowest BCUT2D eigenvalue weighted by molar-refractivity contribution is -0.133. The van der Waals surface area contributed by atoms with E-state index in [0.717, 1.165) is 6.42 Å². The minimum absolute atomic E-state index is 0. The fourth-order valence-electron chi connectivity index (χ4n) is 2.61. The minimum atomic E-state index is -0.478. The lowest BCUT2D eigenvalue weighted by Crippen LogP contribution is -2.47. The third-order valence-corrected chi connectivity index (χ3v) is 4.44. The van der Waals surface area contributed by atoms with Crippen LogP contribution in [0.25, 0.3) is 0 Å². The van der Waals surface area contributed by atoms with Gasteiger partial charge in [-0.15, -0.1) is 12.4 Å². The molecule has 1 aromatic carbocycles. The zero-order valence-electron chi connectivity index (χ0n) is 14.1. The van der Waals surface area contributed by atoms with Gasteiger partial charge in [-0.25, -0.2) is 0 Å². The van der Waals surface area contributed by atoms with E-state index < -0.39 is 6.04 Å². The van der Waals surface area contributed by atoms with E-state index >= 15 is 0 Å². The summed E-state index contributed by atoms with van der Waals surface area (Å²) in [6.45, 7) is 6.22. The number of nitrogens with zero attached hydrogens (tertiary/aromatic N) is 2. The van der Waals surface area contributed by atoms with Crippen LogP contribution < -0.4 is 5.73 Å². The molecule has 0 unspecified atom stereocenters. The molecule has 0 bridgehead atoms. The number of rotatable bonds is 3. The second-order valence-corrected chi connectivity index (χ2v) is 6.68. The number of carbonyl (C=O) groups excluding carboxylic acids is 2. The van der Waals surface area contributed by atoms with Crippen LogP contribution in [0.4, 0.5) is 0 Å². The van der Waals surface area contributed by atoms with Crippen LogP contribution in [-0.4, -0.2) is 53.8 Å². The van der Waals surface area contributed by atoms with Gasteiger partial charge in [0.25, 0.3) is 5.91 Å². The average Bonchev–Trinajstić information content (AvgIpc) is 2.79. The molecular formula is C17H25Cl2N3O2. The van der Waals surface area contributed by atoms with E-state index in [1.165, 1.54) is 0 Å². The Labute approximate surface area is 154 Å². The lowest BCUT2D eigenvalue weighted by atomic mass is 10.0. The Morgan fingerprint density at radius 1 is 1.04 bits per heavy atom. The summed E-state index contributed by atoms with van der Waals surface area (Å²) in [5.74, 6) is 0.0578. The van der Waals surface area contributed by atoms with Crippen molar-refractivity contribution in [3.05, 3.63) is 34.9 Å². The third-order valence-electron chi connectivity index (χ3n) is 4.19. The minimum Gasteiger partial charge on any atom is -0.340 e. The molecule has 2 amide bonds. The largest absolute Gasteiger partial charge is 0.340 e. The Morgan fingerprint density at radius 3 is 2.17 bits per heavy atom. The SMILES string of the molecule is CC(C)[C@H](N)C(=O)N1CCCN(C(=O)c2ccc(Cl)cc2)CC1.Cl. The van der Waals surface area contributed by atoms with Gasteiger partial charge in [-0.1, -0.05) is 25.4 Å². The van der Waals surface area contributed by atoms with Crippen molar-refractivity contribution in [3.63, 3.8) is 0 Å². The summed E-state index contributed by atoms with van der Waals surface area (Å²) in [6, 6.07) is 6.41. The molecule has 1 aliphatic rings. The van der Waals surface area contributed by atoms with Crippen molar-refractivity contribution >= 4 is 35.8 Å². The van der Waals surface area contributed by atoms with Crippen LogP contribution >= 0.6 is 24.0 Å². The maximum absolute atomic E-state index is 12.5. The molecule has 134 valence electrons. The van der Waals surface area contributed by atoms with Crippen LogP contribution in [0.1, 0.15) is 30.6 Å². The average molecular weight is 374 g/mol. The molecular weight excluding hydrogens is 349 g/mol. The highest BCUT2D eigenvalue weighted by atomic mass is 35.5. The van der Waals surface area contributed by atoms with Crippen LogP contribution in [0, 0.1) is 5.92 Å². The van der Waals surface area contributed by atoms with Gasteiger partial charge in [0, 0.05) is 36.8 Å². The van der Waals surface area contributed by atoms with Gasteiger partial charge < -0.3 is 15.5 Å². The van der Waals surface area contributed by atoms with Gasteiger partial charge in [0.2, 0.25) is 5.91 Å². The Morgan fingerprint density at radius 2 is 1.58 bits per heavy atom. The van der Waals surface area contributed by atoms with Crippen LogP contribution in [0.3, 0.4) is 0 Å². The van der Waals surface area contributed by atoms with E-state index in [1.54, 1.807) is 34.1 Å². The summed E-state index contributed by atoms with van der Waals surface area (Å²) in [7, 11) is 0. The van der Waals surface area contributed by atoms with Gasteiger partial charge >= 0.3 is 0 Å². The molecule has 0 saturated carbocycles. The van der Waals surface area contributed by atoms with Gasteiger partial charge in [0.15, 0.2) is 0 Å². The number of nitrogens with two attached hydrogens (primary N) is 1. The first-order chi connectivity index (χ1) is 10.9. The van der Waals surface area contributed by atoms with Crippen LogP contribution in [-0.2, 0) is 4.79 Å². The van der Waals surface area contributed by atoms with Crippen LogP contribution in [0.15, 0.2) is 24.3 Å². The maximum atomic E-state index is 12.5. The molecule has 7 heteroatoms. The first-order valence-electron chi connectivity index (χ1n) is 7.99. The standard InChI is InChI=1S/C17H24ClN3O2.ClH/c1-12(2)15(19)17(23)21-9-3-8-20(10-11-21)16(22)13-4-6-14(18)7-5-13;/h4-7,12,15H,3,8-11,19H2,1-2H3;1H/t15-;/m0./s1. The number of hydrogen-bond donors (Lipinski definition) is 1. The second-order valence-electron chi connectivity index (χ2n) is 6.25. The monoisotopic (exact) mass is 373 g/mol. The molecule has 1 saturated heterocycles. The molecule has 24 heavy (non-hydrogen) atoms. The molecule has 1 heterocycles. The highest BCUT2D eigenvalue weighted by molar-refractivity contribution is 6.30. The van der Waals surface area contributed by atoms with E-state index in [4.69, 9.17) is 17.3 Å². The van der Waals surface area contributed by atoms with Gasteiger partial charge in [-0.2, -0.15) is 0 Å². The number of halogens is 2. The summed E-state index contributed by atoms with van der Waals surface area (Å²) in [6.07, 6.45) is 0.760. The summed E-state index contributed by atoms with van der Waals surface area (Å²) in [5, 5.41) is 0.608. The first-order valence-corrected chi connectivity index (χ1v) is 8.37. The zero-order chi connectivity index (χ0) is 17.0. The molecule has 5 nitrogen and oxygen atoms in total. The molecule has 0 aliphatic carbocycles. The predicted octanol–water partition coefficient (Wildman–Crippen LogP) is 2.42. The van der Waals surface area contributed by atoms with E-state index in [9.17, 15) is 9.59 Å². The Kier molecular flexibility index (Phi) is 8.00. The molecule has 1 atom stereocenters. The van der Waals surface area contributed by atoms with Crippen molar-refractivity contribution in [1.29, 1.82) is 0 Å². The first kappa shape index (κ1) is 20.7. The van der Waals surface area contributed by atoms with Gasteiger partial charge in [-0.05, 0) is 36.6 Å². The zero-order valence-corrected chi connectivity index (χ0v) is 15.6. The Bertz CT molecular complexity index is 563. The molecule has 2 rings (SSSR count). The summed E-state index contributed by atoms with van der Waals surface area (Å²) >= 11 is 5.86. The molecule has 0 spiro atoms. The van der Waals surface area contributed by atoms with Gasteiger partial charge in [0.05, 0.1) is 6.04 Å². The maximum Gasteiger partial charge on any atom is 0.253 e. The summed E-state index contributed by atoms with van der Waals surface area (Å²) < 4.78 is 0. The number of hydrogen-bond acceptors (Lipinski definition) is 3. The topological polar surface area (TPSA) is 66.6 Å². The smallest absolute Gasteiger partial charge is 0.253 e. The van der Waals surface area contributed by atoms with Crippen LogP contribution in [0.5, 0.6) is 0 Å². The number of benzene rings is 1. The molecule has 0 aromatic heterocycles. The highest BCUT2D eigenvalue weighted by Crippen LogP contribution is 2.14. The van der Waals surface area contributed by atoms with Crippen molar-refractivity contribution < 1.29 is 9.59 Å². The van der Waals surface area contributed by atoms with Crippen molar-refractivity contribution in [1.82, 2.24) is 9.80 Å². The fraction of sp³-hybridized carbons (Fsp3) is 0.529. The molecule has 1 fully saturated rings. The van der Waals surface area contributed by atoms with Gasteiger partial charge in [-0.3, -0.25) is 9.59 Å². The normalized spacial score (nSPS) is 16.4. The predicted molar refractivity (Wildman–Crippen MR) is 98.6 cm³/mol. The highest BCUT2D eigenvalue weighted by Gasteiger charge is 2.27. The van der Waals surface area contributed by atoms with Gasteiger partial charge in [0.1, 0.15) is 0 Å². The van der Waals surface area contributed by atoms with Crippen molar-refractivity contribution in [2.24, 2.45) is 11.7 Å².